The quantitative estimate of drug-likeness (QED) is 0.709. The van der Waals surface area contributed by atoms with Crippen molar-refractivity contribution in [2.24, 2.45) is 0 Å². The Morgan fingerprint density at radius 1 is 1.04 bits per heavy atom. The van der Waals surface area contributed by atoms with Gasteiger partial charge in [0.25, 0.3) is 0 Å². The molecule has 3 aromatic rings. The van der Waals surface area contributed by atoms with Gasteiger partial charge in [0.2, 0.25) is 5.91 Å². The number of halogens is 1. The second-order valence-electron chi connectivity index (χ2n) is 6.21. The molecule has 1 amide bonds. The third kappa shape index (κ3) is 3.97. The van der Waals surface area contributed by atoms with E-state index in [9.17, 15) is 9.18 Å². The molecule has 0 fully saturated rings. The van der Waals surface area contributed by atoms with Crippen molar-refractivity contribution < 1.29 is 9.18 Å². The lowest BCUT2D eigenvalue weighted by Gasteiger charge is -2.21. The molecule has 3 rings (SSSR count). The predicted octanol–water partition coefficient (Wildman–Crippen LogP) is 4.86. The van der Waals surface area contributed by atoms with Crippen LogP contribution in [0.1, 0.15) is 29.2 Å². The molecule has 1 aromatic heterocycles. The Balaban J connectivity index is 1.83. The maximum absolute atomic E-state index is 13.2. The molecular weight excluding hydrogens is 315 g/mol. The highest BCUT2D eigenvalue weighted by Crippen LogP contribution is 2.26. The summed E-state index contributed by atoms with van der Waals surface area (Å²) in [6.07, 6.45) is 4.23. The van der Waals surface area contributed by atoms with Gasteiger partial charge in [-0.25, -0.2) is 4.39 Å². The fraction of sp³-hybridized carbons (Fsp3) is 0.190. The SMILES string of the molecule is Cc1cc(F)ccc1NC(=O)C[C@@H](c1ccccc1C)n1cccc1. The molecule has 0 spiro atoms. The van der Waals surface area contributed by atoms with Crippen molar-refractivity contribution in [1.82, 2.24) is 4.57 Å². The van der Waals surface area contributed by atoms with Crippen molar-refractivity contribution in [3.63, 3.8) is 0 Å². The minimum atomic E-state index is -0.305. The number of hydrogen-bond acceptors (Lipinski definition) is 1. The highest BCUT2D eigenvalue weighted by Gasteiger charge is 2.19. The lowest BCUT2D eigenvalue weighted by Crippen LogP contribution is -2.20. The average Bonchev–Trinajstić information content (AvgIpc) is 3.10. The van der Waals surface area contributed by atoms with E-state index in [-0.39, 0.29) is 17.8 Å². The number of amides is 1. The molecule has 0 saturated heterocycles. The number of carbonyl (C=O) groups is 1. The van der Waals surface area contributed by atoms with Gasteiger partial charge in [-0.15, -0.1) is 0 Å². The lowest BCUT2D eigenvalue weighted by molar-refractivity contribution is -0.116. The standard InChI is InChI=1S/C21H21FN2O/c1-15-7-3-4-8-18(15)20(24-11-5-6-12-24)14-21(25)23-19-10-9-17(22)13-16(19)2/h3-13,20H,14H2,1-2H3,(H,23,25)/t20-/m0/s1. The van der Waals surface area contributed by atoms with E-state index < -0.39 is 0 Å². The van der Waals surface area contributed by atoms with Crippen LogP contribution in [0.4, 0.5) is 10.1 Å². The zero-order valence-corrected chi connectivity index (χ0v) is 14.4. The zero-order chi connectivity index (χ0) is 17.8. The number of benzene rings is 2. The fourth-order valence-electron chi connectivity index (χ4n) is 3.04. The molecule has 0 aliphatic carbocycles. The molecule has 0 unspecified atom stereocenters. The minimum Gasteiger partial charge on any atom is -0.346 e. The molecule has 1 heterocycles. The van der Waals surface area contributed by atoms with Crippen molar-refractivity contribution in [1.29, 1.82) is 0 Å². The monoisotopic (exact) mass is 336 g/mol. The Morgan fingerprint density at radius 3 is 2.44 bits per heavy atom. The van der Waals surface area contributed by atoms with E-state index >= 15 is 0 Å². The summed E-state index contributed by atoms with van der Waals surface area (Å²) in [7, 11) is 0. The van der Waals surface area contributed by atoms with Gasteiger partial charge in [-0.1, -0.05) is 24.3 Å². The number of nitrogens with one attached hydrogen (secondary N) is 1. The minimum absolute atomic E-state index is 0.0862. The van der Waals surface area contributed by atoms with E-state index in [2.05, 4.69) is 11.4 Å². The van der Waals surface area contributed by atoms with Crippen LogP contribution in [0.5, 0.6) is 0 Å². The molecule has 4 heteroatoms. The Morgan fingerprint density at radius 2 is 1.76 bits per heavy atom. The highest BCUT2D eigenvalue weighted by atomic mass is 19.1. The van der Waals surface area contributed by atoms with Crippen LogP contribution in [0, 0.1) is 19.7 Å². The van der Waals surface area contributed by atoms with Gasteiger partial charge in [0.15, 0.2) is 0 Å². The number of rotatable bonds is 5. The molecule has 0 bridgehead atoms. The van der Waals surface area contributed by atoms with Crippen LogP contribution in [0.25, 0.3) is 0 Å². The van der Waals surface area contributed by atoms with Crippen molar-refractivity contribution in [3.8, 4) is 0 Å². The highest BCUT2D eigenvalue weighted by molar-refractivity contribution is 5.92. The first kappa shape index (κ1) is 17.0. The number of aromatic nitrogens is 1. The van der Waals surface area contributed by atoms with Gasteiger partial charge in [0, 0.05) is 18.1 Å². The first-order valence-corrected chi connectivity index (χ1v) is 8.28. The third-order valence-corrected chi connectivity index (χ3v) is 4.38. The van der Waals surface area contributed by atoms with E-state index in [1.165, 1.54) is 12.1 Å². The maximum atomic E-state index is 13.2. The number of nitrogens with zero attached hydrogens (tertiary/aromatic N) is 1. The van der Waals surface area contributed by atoms with E-state index in [4.69, 9.17) is 0 Å². The van der Waals surface area contributed by atoms with Crippen molar-refractivity contribution in [2.75, 3.05) is 5.32 Å². The molecule has 0 aliphatic rings. The first-order valence-electron chi connectivity index (χ1n) is 8.28. The second-order valence-corrected chi connectivity index (χ2v) is 6.21. The summed E-state index contributed by atoms with van der Waals surface area (Å²) in [5.74, 6) is -0.405. The summed E-state index contributed by atoms with van der Waals surface area (Å²) < 4.78 is 15.3. The number of hydrogen-bond donors (Lipinski definition) is 1. The number of anilines is 1. The molecule has 1 N–H and O–H groups in total. The van der Waals surface area contributed by atoms with Crippen LogP contribution in [0.2, 0.25) is 0 Å². The van der Waals surface area contributed by atoms with Crippen LogP contribution < -0.4 is 5.32 Å². The summed E-state index contributed by atoms with van der Waals surface area (Å²) in [4.78, 5) is 12.6. The Bertz CT molecular complexity index is 871. The molecule has 1 atom stereocenters. The largest absolute Gasteiger partial charge is 0.346 e. The topological polar surface area (TPSA) is 34.0 Å². The molecule has 0 radical (unpaired) electrons. The van der Waals surface area contributed by atoms with Crippen LogP contribution in [0.15, 0.2) is 67.0 Å². The smallest absolute Gasteiger partial charge is 0.226 e. The Hall–Kier alpha value is -2.88. The van der Waals surface area contributed by atoms with E-state index in [1.807, 2.05) is 54.2 Å². The molecule has 0 aliphatic heterocycles. The lowest BCUT2D eigenvalue weighted by atomic mass is 9.98. The summed E-state index contributed by atoms with van der Waals surface area (Å²) in [5, 5.41) is 2.90. The Labute approximate surface area is 147 Å². The summed E-state index contributed by atoms with van der Waals surface area (Å²) in [6, 6.07) is 16.3. The van der Waals surface area contributed by atoms with Crippen molar-refractivity contribution in [3.05, 3.63) is 89.5 Å². The average molecular weight is 336 g/mol. The molecule has 2 aromatic carbocycles. The molecule has 3 nitrogen and oxygen atoms in total. The summed E-state index contributed by atoms with van der Waals surface area (Å²) in [6.45, 7) is 3.83. The van der Waals surface area contributed by atoms with Gasteiger partial charge in [-0.3, -0.25) is 4.79 Å². The molecular formula is C21H21FN2O. The van der Waals surface area contributed by atoms with Crippen molar-refractivity contribution in [2.45, 2.75) is 26.3 Å². The number of aryl methyl sites for hydroxylation is 2. The van der Waals surface area contributed by atoms with E-state index in [0.29, 0.717) is 17.7 Å². The summed E-state index contributed by atoms with van der Waals surface area (Å²) in [5.41, 5.74) is 3.61. The van der Waals surface area contributed by atoms with Crippen LogP contribution in [-0.4, -0.2) is 10.5 Å². The molecule has 128 valence electrons. The van der Waals surface area contributed by atoms with Crippen molar-refractivity contribution >= 4 is 11.6 Å². The van der Waals surface area contributed by atoms with Crippen LogP contribution in [-0.2, 0) is 4.79 Å². The maximum Gasteiger partial charge on any atom is 0.226 e. The van der Waals surface area contributed by atoms with Gasteiger partial charge in [0.1, 0.15) is 5.82 Å². The van der Waals surface area contributed by atoms with Gasteiger partial charge < -0.3 is 9.88 Å². The van der Waals surface area contributed by atoms with Gasteiger partial charge in [0.05, 0.1) is 12.5 Å². The van der Waals surface area contributed by atoms with Crippen LogP contribution in [0.3, 0.4) is 0 Å². The molecule has 25 heavy (non-hydrogen) atoms. The number of carbonyl (C=O) groups excluding carboxylic acids is 1. The van der Waals surface area contributed by atoms with Gasteiger partial charge in [-0.05, 0) is 60.9 Å². The summed E-state index contributed by atoms with van der Waals surface area (Å²) >= 11 is 0. The van der Waals surface area contributed by atoms with E-state index in [1.54, 1.807) is 13.0 Å². The molecule has 0 saturated carbocycles. The predicted molar refractivity (Wildman–Crippen MR) is 98.1 cm³/mol. The normalized spacial score (nSPS) is 12.0. The van der Waals surface area contributed by atoms with Crippen LogP contribution >= 0.6 is 0 Å². The first-order chi connectivity index (χ1) is 12.0. The van der Waals surface area contributed by atoms with E-state index in [0.717, 1.165) is 11.1 Å². The Kier molecular flexibility index (Phi) is 4.98. The third-order valence-electron chi connectivity index (χ3n) is 4.38. The second kappa shape index (κ2) is 7.34. The van der Waals surface area contributed by atoms with Gasteiger partial charge in [-0.2, -0.15) is 0 Å². The fourth-order valence-corrected chi connectivity index (χ4v) is 3.04. The van der Waals surface area contributed by atoms with Gasteiger partial charge >= 0.3 is 0 Å². The zero-order valence-electron chi connectivity index (χ0n) is 14.4.